The van der Waals surface area contributed by atoms with Crippen LogP contribution in [0.15, 0.2) is 18.2 Å². The summed E-state index contributed by atoms with van der Waals surface area (Å²) in [6, 6.07) is 5.68. The van der Waals surface area contributed by atoms with Gasteiger partial charge >= 0.3 is 143 Å². The molecule has 0 spiro atoms. The van der Waals surface area contributed by atoms with Crippen LogP contribution in [-0.4, -0.2) is 36.9 Å². The van der Waals surface area contributed by atoms with Gasteiger partial charge in [-0.25, -0.2) is 0 Å². The Labute approximate surface area is 143 Å². The summed E-state index contributed by atoms with van der Waals surface area (Å²) in [4.78, 5) is 10.6. The van der Waals surface area contributed by atoms with E-state index in [1.54, 1.807) is 18.2 Å². The number of benzene rings is 1. The van der Waals surface area contributed by atoms with Crippen LogP contribution >= 0.6 is 0 Å². The molecule has 1 saturated carbocycles. The second-order valence-electron chi connectivity index (χ2n) is 6.12. The van der Waals surface area contributed by atoms with Crippen molar-refractivity contribution in [1.82, 2.24) is 5.32 Å². The van der Waals surface area contributed by atoms with Gasteiger partial charge in [0.2, 0.25) is 0 Å². The third kappa shape index (κ3) is 6.14. The molecular weight excluding hydrogens is 305 g/mol. The summed E-state index contributed by atoms with van der Waals surface area (Å²) in [5.41, 5.74) is 7.58. The van der Waals surface area contributed by atoms with Gasteiger partial charge < -0.3 is 0 Å². The van der Waals surface area contributed by atoms with Gasteiger partial charge in [-0.05, 0) is 0 Å². The van der Waals surface area contributed by atoms with Gasteiger partial charge in [0.15, 0.2) is 0 Å². The van der Waals surface area contributed by atoms with Gasteiger partial charge in [0.25, 0.3) is 0 Å². The van der Waals surface area contributed by atoms with E-state index in [4.69, 9.17) is 23.1 Å². The monoisotopic (exact) mass is 330 g/mol. The van der Waals surface area contributed by atoms with Gasteiger partial charge in [-0.2, -0.15) is 0 Å². The topological polar surface area (TPSA) is 96.6 Å². The van der Waals surface area contributed by atoms with E-state index >= 15 is 0 Å². The minimum atomic E-state index is -0.834. The molecule has 24 heavy (non-hydrogen) atoms. The molecule has 1 radical (unpaired) electrons. The molecule has 0 unspecified atom stereocenters. The zero-order valence-electron chi connectivity index (χ0n) is 13.9. The Hall–Kier alpha value is -2.18. The summed E-state index contributed by atoms with van der Waals surface area (Å²) in [6.45, 7) is 0.306. The number of aliphatic carboxylic acids is 1. The second-order valence-corrected chi connectivity index (χ2v) is 6.12. The first-order valence-corrected chi connectivity index (χ1v) is 8.44. The van der Waals surface area contributed by atoms with Crippen LogP contribution in [-0.2, 0) is 4.79 Å². The fourth-order valence-corrected chi connectivity index (χ4v) is 2.82. The van der Waals surface area contributed by atoms with E-state index in [0.717, 1.165) is 12.8 Å². The van der Waals surface area contributed by atoms with Crippen LogP contribution in [0.25, 0.3) is 0 Å². The number of rotatable bonds is 9. The zero-order valence-corrected chi connectivity index (χ0v) is 13.9. The first kappa shape index (κ1) is 18.2. The minimum absolute atomic E-state index is 0.0720. The third-order valence-electron chi connectivity index (χ3n) is 4.03. The maximum absolute atomic E-state index is 10.6. The Morgan fingerprint density at radius 3 is 2.79 bits per heavy atom. The molecular formula is C17H25BN3O3. The summed E-state index contributed by atoms with van der Waals surface area (Å²) in [5.74, 6) is -0.271. The molecule has 0 aromatic heterocycles. The summed E-state index contributed by atoms with van der Waals surface area (Å²) in [7, 11) is 6.07. The zero-order chi connectivity index (χ0) is 17.4. The molecule has 1 aliphatic carbocycles. The Morgan fingerprint density at radius 2 is 2.08 bits per heavy atom. The van der Waals surface area contributed by atoms with E-state index in [0.29, 0.717) is 41.9 Å². The number of carboxylic acids is 1. The predicted molar refractivity (Wildman–Crippen MR) is 97.6 cm³/mol. The number of nitrogens with one attached hydrogen (secondary N) is 2. The molecule has 0 atom stereocenters. The molecule has 1 fully saturated rings. The second kappa shape index (κ2) is 9.20. The molecule has 129 valence electrons. The van der Waals surface area contributed by atoms with Gasteiger partial charge in [-0.15, -0.1) is 0 Å². The molecule has 7 heteroatoms. The van der Waals surface area contributed by atoms with Crippen LogP contribution in [0.5, 0.6) is 5.75 Å². The SMILES string of the molecule is [B]=C(Nc1ccc(N)cc1OCCCC(=O)O)NC1CCCCC1. The Balaban J connectivity index is 1.90. The number of carboxylic acid groups (broad SMARTS) is 1. The van der Waals surface area contributed by atoms with E-state index in [9.17, 15) is 4.79 Å². The van der Waals surface area contributed by atoms with Gasteiger partial charge in [-0.3, -0.25) is 0 Å². The van der Waals surface area contributed by atoms with E-state index < -0.39 is 5.97 Å². The van der Waals surface area contributed by atoms with Crippen molar-refractivity contribution in [3.05, 3.63) is 18.2 Å². The number of hydrogen-bond donors (Lipinski definition) is 4. The molecule has 6 nitrogen and oxygen atoms in total. The molecule has 1 aromatic rings. The summed E-state index contributed by atoms with van der Waals surface area (Å²) < 4.78 is 5.66. The molecule has 1 aliphatic rings. The fourth-order valence-electron chi connectivity index (χ4n) is 2.82. The standard InChI is InChI=1S/C17H25BN3O3/c18-17(20-13-5-2-1-3-6-13)21-14-9-8-12(19)11-15(14)24-10-4-7-16(22)23/h8-9,11,13,20-21H,1-7,10,19H2,(H,22,23). The molecule has 1 aromatic carbocycles. The number of hydrogen-bond acceptors (Lipinski definition) is 5. The van der Waals surface area contributed by atoms with Crippen LogP contribution < -0.4 is 21.1 Å². The van der Waals surface area contributed by atoms with Crippen LogP contribution in [0.2, 0.25) is 0 Å². The van der Waals surface area contributed by atoms with Crippen LogP contribution in [0, 0.1) is 0 Å². The predicted octanol–water partition coefficient (Wildman–Crippen LogP) is 2.10. The van der Waals surface area contributed by atoms with Crippen molar-refractivity contribution >= 4 is 30.5 Å². The van der Waals surface area contributed by atoms with Crippen molar-refractivity contribution in [1.29, 1.82) is 0 Å². The molecule has 0 aliphatic heterocycles. The third-order valence-corrected chi connectivity index (χ3v) is 4.03. The van der Waals surface area contributed by atoms with E-state index in [-0.39, 0.29) is 6.42 Å². The molecule has 5 N–H and O–H groups in total. The van der Waals surface area contributed by atoms with Gasteiger partial charge in [0, 0.05) is 0 Å². The quantitative estimate of drug-likeness (QED) is 0.315. The molecule has 0 heterocycles. The summed E-state index contributed by atoms with van der Waals surface area (Å²) >= 11 is 0. The van der Waals surface area contributed by atoms with Crippen LogP contribution in [0.4, 0.5) is 11.4 Å². The number of ether oxygens (including phenoxy) is 1. The summed E-state index contributed by atoms with van der Waals surface area (Å²) in [6.07, 6.45) is 6.50. The van der Waals surface area contributed by atoms with E-state index in [1.807, 2.05) is 0 Å². The number of anilines is 2. The van der Waals surface area contributed by atoms with Gasteiger partial charge in [-0.1, -0.05) is 0 Å². The van der Waals surface area contributed by atoms with Gasteiger partial charge in [0.05, 0.1) is 0 Å². The van der Waals surface area contributed by atoms with E-state index in [2.05, 4.69) is 10.6 Å². The van der Waals surface area contributed by atoms with Crippen LogP contribution in [0.1, 0.15) is 44.9 Å². The van der Waals surface area contributed by atoms with Crippen molar-refractivity contribution in [2.45, 2.75) is 51.0 Å². The number of carbonyl (C=O) groups is 1. The Bertz CT molecular complexity index is 574. The molecule has 0 saturated heterocycles. The van der Waals surface area contributed by atoms with Crippen molar-refractivity contribution in [3.63, 3.8) is 0 Å². The van der Waals surface area contributed by atoms with Crippen molar-refractivity contribution < 1.29 is 14.6 Å². The number of nitrogens with two attached hydrogens (primary N) is 1. The van der Waals surface area contributed by atoms with Crippen molar-refractivity contribution in [3.8, 4) is 5.75 Å². The Kier molecular flexibility index (Phi) is 6.97. The Morgan fingerprint density at radius 1 is 1.33 bits per heavy atom. The van der Waals surface area contributed by atoms with Crippen LogP contribution in [0.3, 0.4) is 0 Å². The van der Waals surface area contributed by atoms with Gasteiger partial charge in [0.1, 0.15) is 0 Å². The average molecular weight is 330 g/mol. The maximum atomic E-state index is 10.6. The fraction of sp³-hybridized carbons (Fsp3) is 0.529. The number of nitrogen functional groups attached to an aromatic ring is 1. The molecule has 2 rings (SSSR count). The molecule has 0 amide bonds. The summed E-state index contributed by atoms with van der Waals surface area (Å²) in [5, 5.41) is 15.1. The normalized spacial score (nSPS) is 14.8. The molecule has 0 bridgehead atoms. The first-order valence-electron chi connectivity index (χ1n) is 8.44. The van der Waals surface area contributed by atoms with Crippen molar-refractivity contribution in [2.75, 3.05) is 17.7 Å². The first-order chi connectivity index (χ1) is 11.5. The average Bonchev–Trinajstić information content (AvgIpc) is 2.54. The van der Waals surface area contributed by atoms with E-state index in [1.165, 1.54) is 19.3 Å². The van der Waals surface area contributed by atoms with Crippen molar-refractivity contribution in [2.24, 2.45) is 0 Å².